The van der Waals surface area contributed by atoms with Gasteiger partial charge in [0.25, 0.3) is 0 Å². The van der Waals surface area contributed by atoms with E-state index in [0.29, 0.717) is 13.2 Å². The molecule has 17 heavy (non-hydrogen) atoms. The van der Waals surface area contributed by atoms with Crippen molar-refractivity contribution in [3.63, 3.8) is 0 Å². The van der Waals surface area contributed by atoms with Gasteiger partial charge in [-0.25, -0.2) is 0 Å². The van der Waals surface area contributed by atoms with Gasteiger partial charge in [0.2, 0.25) is 11.8 Å². The average Bonchev–Trinajstić information content (AvgIpc) is 2.30. The first-order chi connectivity index (χ1) is 8.08. The zero-order chi connectivity index (χ0) is 12.8. The molecule has 0 aromatic rings. The number of esters is 1. The van der Waals surface area contributed by atoms with Crippen LogP contribution in [0.1, 0.15) is 20.3 Å². The van der Waals surface area contributed by atoms with Crippen molar-refractivity contribution < 1.29 is 19.1 Å². The highest BCUT2D eigenvalue weighted by Gasteiger charge is 2.28. The predicted octanol–water partition coefficient (Wildman–Crippen LogP) is -0.370. The molecule has 0 bridgehead atoms. The summed E-state index contributed by atoms with van der Waals surface area (Å²) in [4.78, 5) is 37.3. The number of ether oxygens (including phenoxy) is 1. The molecular formula is C11H18N2O4. The molecular weight excluding hydrogens is 224 g/mol. The number of rotatable bonds is 5. The van der Waals surface area contributed by atoms with Gasteiger partial charge >= 0.3 is 5.97 Å². The zero-order valence-corrected chi connectivity index (χ0v) is 10.3. The summed E-state index contributed by atoms with van der Waals surface area (Å²) in [6, 6.07) is 0. The number of likely N-dealkylation sites (N-methyl/N-ethyl adjacent to an activating group) is 1. The van der Waals surface area contributed by atoms with E-state index < -0.39 is 0 Å². The van der Waals surface area contributed by atoms with Gasteiger partial charge in [-0.15, -0.1) is 0 Å². The molecule has 6 nitrogen and oxygen atoms in total. The Morgan fingerprint density at radius 2 is 1.76 bits per heavy atom. The van der Waals surface area contributed by atoms with Gasteiger partial charge in [-0.1, -0.05) is 0 Å². The van der Waals surface area contributed by atoms with Crippen LogP contribution in [-0.4, -0.2) is 60.4 Å². The van der Waals surface area contributed by atoms with Crippen molar-refractivity contribution in [1.29, 1.82) is 0 Å². The van der Waals surface area contributed by atoms with E-state index >= 15 is 0 Å². The van der Waals surface area contributed by atoms with E-state index in [9.17, 15) is 14.4 Å². The molecule has 96 valence electrons. The van der Waals surface area contributed by atoms with Gasteiger partial charge in [0.15, 0.2) is 0 Å². The normalized spacial score (nSPS) is 16.4. The largest absolute Gasteiger partial charge is 0.466 e. The second kappa shape index (κ2) is 6.22. The Morgan fingerprint density at radius 1 is 1.18 bits per heavy atom. The number of carbonyl (C=O) groups excluding carboxylic acids is 3. The number of piperazine rings is 1. The fourth-order valence-corrected chi connectivity index (χ4v) is 1.65. The van der Waals surface area contributed by atoms with Crippen molar-refractivity contribution >= 4 is 17.8 Å². The highest BCUT2D eigenvalue weighted by atomic mass is 16.5. The third-order valence-electron chi connectivity index (χ3n) is 2.63. The van der Waals surface area contributed by atoms with Gasteiger partial charge in [-0.3, -0.25) is 14.4 Å². The van der Waals surface area contributed by atoms with Crippen LogP contribution in [0.3, 0.4) is 0 Å². The zero-order valence-electron chi connectivity index (χ0n) is 10.3. The van der Waals surface area contributed by atoms with Gasteiger partial charge in [0.1, 0.15) is 0 Å². The van der Waals surface area contributed by atoms with Gasteiger partial charge in [0.05, 0.1) is 26.1 Å². The van der Waals surface area contributed by atoms with Gasteiger partial charge in [-0.2, -0.15) is 0 Å². The molecule has 0 aliphatic carbocycles. The molecule has 2 amide bonds. The summed E-state index contributed by atoms with van der Waals surface area (Å²) in [5.74, 6) is -0.530. The smallest absolute Gasteiger partial charge is 0.307 e. The first-order valence-electron chi connectivity index (χ1n) is 5.79. The summed E-state index contributed by atoms with van der Waals surface area (Å²) in [6.07, 6.45) is 0.138. The average molecular weight is 242 g/mol. The molecule has 6 heteroatoms. The number of amides is 2. The Bertz CT molecular complexity index is 317. The van der Waals surface area contributed by atoms with E-state index in [1.165, 1.54) is 9.80 Å². The lowest BCUT2D eigenvalue weighted by molar-refractivity contribution is -0.151. The molecule has 0 aromatic carbocycles. The van der Waals surface area contributed by atoms with Crippen LogP contribution < -0.4 is 0 Å². The topological polar surface area (TPSA) is 66.9 Å². The number of carbonyl (C=O) groups is 3. The fraction of sp³-hybridized carbons (Fsp3) is 0.727. The third-order valence-corrected chi connectivity index (χ3v) is 2.63. The summed E-state index contributed by atoms with van der Waals surface area (Å²) in [5.41, 5.74) is 0. The second-order valence-corrected chi connectivity index (χ2v) is 3.78. The van der Waals surface area contributed by atoms with Gasteiger partial charge in [0, 0.05) is 13.1 Å². The minimum absolute atomic E-state index is 0.0616. The summed E-state index contributed by atoms with van der Waals surface area (Å²) in [7, 11) is 0. The standard InChI is InChI=1S/C11H18N2O4/c1-3-12-7-10(15)13(8-9(12)14)6-5-11(16)17-4-2/h3-8H2,1-2H3. The van der Waals surface area contributed by atoms with E-state index in [4.69, 9.17) is 4.74 Å². The summed E-state index contributed by atoms with van der Waals surface area (Å²) in [6.45, 7) is 4.85. The molecule has 0 saturated carbocycles. The van der Waals surface area contributed by atoms with Crippen LogP contribution in [0.15, 0.2) is 0 Å². The molecule has 0 radical (unpaired) electrons. The maximum atomic E-state index is 11.7. The first-order valence-corrected chi connectivity index (χ1v) is 5.79. The van der Waals surface area contributed by atoms with Crippen LogP contribution in [-0.2, 0) is 19.1 Å². The lowest BCUT2D eigenvalue weighted by Crippen LogP contribution is -2.53. The first kappa shape index (κ1) is 13.5. The second-order valence-electron chi connectivity index (χ2n) is 3.78. The molecule has 0 aromatic heterocycles. The number of hydrogen-bond acceptors (Lipinski definition) is 4. The predicted molar refractivity (Wildman–Crippen MR) is 60.1 cm³/mol. The van der Waals surface area contributed by atoms with Crippen LogP contribution >= 0.6 is 0 Å². The molecule has 0 N–H and O–H groups in total. The highest BCUT2D eigenvalue weighted by molar-refractivity contribution is 5.92. The molecule has 1 aliphatic heterocycles. The van der Waals surface area contributed by atoms with Crippen molar-refractivity contribution in [2.24, 2.45) is 0 Å². The highest BCUT2D eigenvalue weighted by Crippen LogP contribution is 2.05. The molecule has 1 rings (SSSR count). The summed E-state index contributed by atoms with van der Waals surface area (Å²) < 4.78 is 4.77. The molecule has 1 saturated heterocycles. The Labute approximate surface area is 101 Å². The third kappa shape index (κ3) is 3.72. The number of hydrogen-bond donors (Lipinski definition) is 0. The quantitative estimate of drug-likeness (QED) is 0.617. The van der Waals surface area contributed by atoms with Crippen molar-refractivity contribution in [2.45, 2.75) is 20.3 Å². The molecule has 0 atom stereocenters. The van der Waals surface area contributed by atoms with E-state index in [1.54, 1.807) is 6.92 Å². The van der Waals surface area contributed by atoms with Crippen molar-refractivity contribution in [2.75, 3.05) is 32.8 Å². The van der Waals surface area contributed by atoms with Crippen LogP contribution in [0.5, 0.6) is 0 Å². The molecule has 0 spiro atoms. The SMILES string of the molecule is CCOC(=O)CCN1CC(=O)N(CC)CC1=O. The van der Waals surface area contributed by atoms with E-state index in [-0.39, 0.29) is 43.8 Å². The number of nitrogens with zero attached hydrogens (tertiary/aromatic N) is 2. The maximum absolute atomic E-state index is 11.7. The molecule has 1 aliphatic rings. The molecule has 0 unspecified atom stereocenters. The Morgan fingerprint density at radius 3 is 2.35 bits per heavy atom. The van der Waals surface area contributed by atoms with Crippen LogP contribution in [0.25, 0.3) is 0 Å². The van der Waals surface area contributed by atoms with Crippen LogP contribution in [0, 0.1) is 0 Å². The minimum atomic E-state index is -0.342. The fourth-order valence-electron chi connectivity index (χ4n) is 1.65. The van der Waals surface area contributed by atoms with Crippen molar-refractivity contribution in [3.8, 4) is 0 Å². The molecule has 1 fully saturated rings. The van der Waals surface area contributed by atoms with Gasteiger partial charge in [-0.05, 0) is 13.8 Å². The monoisotopic (exact) mass is 242 g/mol. The van der Waals surface area contributed by atoms with Crippen LogP contribution in [0.2, 0.25) is 0 Å². The Kier molecular flexibility index (Phi) is 4.93. The lowest BCUT2D eigenvalue weighted by Gasteiger charge is -2.33. The van der Waals surface area contributed by atoms with Crippen LogP contribution in [0.4, 0.5) is 0 Å². The summed E-state index contributed by atoms with van der Waals surface area (Å²) in [5, 5.41) is 0. The Balaban J connectivity index is 2.42. The van der Waals surface area contributed by atoms with E-state index in [2.05, 4.69) is 0 Å². The van der Waals surface area contributed by atoms with Crippen molar-refractivity contribution in [3.05, 3.63) is 0 Å². The van der Waals surface area contributed by atoms with Crippen molar-refractivity contribution in [1.82, 2.24) is 9.80 Å². The van der Waals surface area contributed by atoms with Gasteiger partial charge < -0.3 is 14.5 Å². The minimum Gasteiger partial charge on any atom is -0.466 e. The summed E-state index contributed by atoms with van der Waals surface area (Å²) >= 11 is 0. The maximum Gasteiger partial charge on any atom is 0.307 e. The van der Waals surface area contributed by atoms with E-state index in [1.807, 2.05) is 6.92 Å². The lowest BCUT2D eigenvalue weighted by atomic mass is 10.2. The van der Waals surface area contributed by atoms with E-state index in [0.717, 1.165) is 0 Å². The molecule has 1 heterocycles. The Hall–Kier alpha value is -1.59.